The van der Waals surface area contributed by atoms with E-state index in [4.69, 9.17) is 4.42 Å². The molecule has 0 fully saturated rings. The molecule has 0 radical (unpaired) electrons. The van der Waals surface area contributed by atoms with E-state index in [1.54, 1.807) is 0 Å². The van der Waals surface area contributed by atoms with Crippen molar-refractivity contribution in [1.29, 1.82) is 0 Å². The maximum absolute atomic E-state index is 6.61. The second-order valence-electron chi connectivity index (χ2n) is 13.8. The van der Waals surface area contributed by atoms with Crippen molar-refractivity contribution in [3.05, 3.63) is 157 Å². The zero-order chi connectivity index (χ0) is 31.7. The van der Waals surface area contributed by atoms with Gasteiger partial charge in [0.2, 0.25) is 0 Å². The second kappa shape index (κ2) is 9.05. The van der Waals surface area contributed by atoms with E-state index >= 15 is 0 Å². The molecule has 226 valence electrons. The van der Waals surface area contributed by atoms with Crippen LogP contribution in [0.5, 0.6) is 0 Å². The molecule has 0 saturated heterocycles. The fraction of sp³-hybridized carbons (Fsp3) is 0.0667. The molecule has 1 aliphatic heterocycles. The molecule has 0 amide bonds. The van der Waals surface area contributed by atoms with E-state index in [-0.39, 0.29) is 5.41 Å². The lowest BCUT2D eigenvalue weighted by Gasteiger charge is -2.34. The molecule has 0 spiro atoms. The van der Waals surface area contributed by atoms with Crippen molar-refractivity contribution in [3.63, 3.8) is 0 Å². The first kappa shape index (κ1) is 26.1. The molecule has 0 atom stereocenters. The largest absolute Gasteiger partial charge is 0.454 e. The summed E-state index contributed by atoms with van der Waals surface area (Å²) in [5.41, 5.74) is 14.2. The van der Waals surface area contributed by atoms with Gasteiger partial charge < -0.3 is 13.6 Å². The molecule has 1 aliphatic rings. The Labute approximate surface area is 276 Å². The van der Waals surface area contributed by atoms with Crippen LogP contribution in [0.25, 0.3) is 88.1 Å². The first-order chi connectivity index (χ1) is 23.6. The van der Waals surface area contributed by atoms with Crippen molar-refractivity contribution in [2.24, 2.45) is 0 Å². The molecule has 0 bridgehead atoms. The SMILES string of the molecule is CC1(C)c2ccccc2-n2c3ccc(-c4ccc5c(c4)c4ccc6c7ccccc7oc6c4n5-c4ccccc4)cc3c3cccc1c32. The number of benzene rings is 7. The maximum Gasteiger partial charge on any atom is 0.160 e. The van der Waals surface area contributed by atoms with E-state index in [9.17, 15) is 0 Å². The minimum absolute atomic E-state index is 0.0768. The first-order valence-electron chi connectivity index (χ1n) is 16.7. The molecule has 48 heavy (non-hydrogen) atoms. The number of fused-ring (bicyclic) bond motifs is 12. The van der Waals surface area contributed by atoms with Crippen LogP contribution in [0.1, 0.15) is 25.0 Å². The van der Waals surface area contributed by atoms with Crippen molar-refractivity contribution in [2.75, 3.05) is 0 Å². The van der Waals surface area contributed by atoms with Gasteiger partial charge >= 0.3 is 0 Å². The van der Waals surface area contributed by atoms with Gasteiger partial charge in [-0.15, -0.1) is 0 Å². The van der Waals surface area contributed by atoms with E-state index in [0.29, 0.717) is 0 Å². The molecule has 0 N–H and O–H groups in total. The third kappa shape index (κ3) is 3.23. The predicted molar refractivity (Wildman–Crippen MR) is 200 cm³/mol. The van der Waals surface area contributed by atoms with Crippen molar-refractivity contribution < 1.29 is 4.42 Å². The number of hydrogen-bond donors (Lipinski definition) is 0. The van der Waals surface area contributed by atoms with Gasteiger partial charge in [-0.3, -0.25) is 0 Å². The van der Waals surface area contributed by atoms with Crippen LogP contribution in [-0.2, 0) is 5.41 Å². The van der Waals surface area contributed by atoms with Crippen LogP contribution in [0.3, 0.4) is 0 Å². The smallest absolute Gasteiger partial charge is 0.160 e. The Kier molecular flexibility index (Phi) is 4.91. The highest BCUT2D eigenvalue weighted by Gasteiger charge is 2.34. The fourth-order valence-electron chi connectivity index (χ4n) is 8.65. The van der Waals surface area contributed by atoms with Gasteiger partial charge in [-0.25, -0.2) is 0 Å². The van der Waals surface area contributed by atoms with E-state index in [1.165, 1.54) is 66.0 Å². The minimum atomic E-state index is -0.0768. The third-order valence-corrected chi connectivity index (χ3v) is 10.9. The molecular formula is C45H30N2O. The summed E-state index contributed by atoms with van der Waals surface area (Å²) in [5.74, 6) is 0. The molecule has 10 aromatic rings. The molecule has 0 unspecified atom stereocenters. The van der Waals surface area contributed by atoms with E-state index in [1.807, 2.05) is 6.07 Å². The zero-order valence-corrected chi connectivity index (χ0v) is 26.7. The summed E-state index contributed by atoms with van der Waals surface area (Å²) in [6.45, 7) is 4.71. The summed E-state index contributed by atoms with van der Waals surface area (Å²) in [4.78, 5) is 0. The number of rotatable bonds is 2. The summed E-state index contributed by atoms with van der Waals surface area (Å²) in [6.07, 6.45) is 0. The third-order valence-electron chi connectivity index (χ3n) is 10.9. The molecule has 3 aromatic heterocycles. The monoisotopic (exact) mass is 614 g/mol. The van der Waals surface area contributed by atoms with Crippen molar-refractivity contribution in [2.45, 2.75) is 19.3 Å². The number of aromatic nitrogens is 2. The fourth-order valence-corrected chi connectivity index (χ4v) is 8.65. The Morgan fingerprint density at radius 2 is 1.08 bits per heavy atom. The summed E-state index contributed by atoms with van der Waals surface area (Å²) in [5, 5.41) is 7.28. The molecule has 7 aromatic carbocycles. The summed E-state index contributed by atoms with van der Waals surface area (Å²) >= 11 is 0. The van der Waals surface area contributed by atoms with Crippen LogP contribution in [0.2, 0.25) is 0 Å². The van der Waals surface area contributed by atoms with Gasteiger partial charge in [-0.2, -0.15) is 0 Å². The molecule has 11 rings (SSSR count). The van der Waals surface area contributed by atoms with Crippen molar-refractivity contribution >= 4 is 65.6 Å². The highest BCUT2D eigenvalue weighted by Crippen LogP contribution is 2.48. The molecule has 4 heterocycles. The molecule has 3 nitrogen and oxygen atoms in total. The Balaban J connectivity index is 1.18. The van der Waals surface area contributed by atoms with Crippen LogP contribution in [0, 0.1) is 0 Å². The lowest BCUT2D eigenvalue weighted by atomic mass is 9.75. The number of hydrogen-bond acceptors (Lipinski definition) is 1. The van der Waals surface area contributed by atoms with E-state index in [0.717, 1.165) is 33.1 Å². The molecular weight excluding hydrogens is 585 g/mol. The quantitative estimate of drug-likeness (QED) is 0.190. The van der Waals surface area contributed by atoms with Gasteiger partial charge in [0.15, 0.2) is 5.58 Å². The summed E-state index contributed by atoms with van der Waals surface area (Å²) in [6, 6.07) is 53.1. The Bertz CT molecular complexity index is 2970. The van der Waals surface area contributed by atoms with Gasteiger partial charge in [-0.1, -0.05) is 105 Å². The predicted octanol–water partition coefficient (Wildman–Crippen LogP) is 12.1. The van der Waals surface area contributed by atoms with Gasteiger partial charge in [-0.05, 0) is 76.9 Å². The minimum Gasteiger partial charge on any atom is -0.454 e. The topological polar surface area (TPSA) is 23.0 Å². The van der Waals surface area contributed by atoms with E-state index in [2.05, 4.69) is 163 Å². The maximum atomic E-state index is 6.61. The molecule has 3 heteroatoms. The molecule has 0 saturated carbocycles. The average Bonchev–Trinajstić information content (AvgIpc) is 3.79. The number of nitrogens with zero attached hydrogens (tertiary/aromatic N) is 2. The summed E-state index contributed by atoms with van der Waals surface area (Å²) in [7, 11) is 0. The van der Waals surface area contributed by atoms with Crippen LogP contribution in [0.15, 0.2) is 150 Å². The zero-order valence-electron chi connectivity index (χ0n) is 26.7. The second-order valence-corrected chi connectivity index (χ2v) is 13.8. The van der Waals surface area contributed by atoms with Gasteiger partial charge in [0.05, 0.1) is 27.8 Å². The Hall–Kier alpha value is -6.06. The highest BCUT2D eigenvalue weighted by molar-refractivity contribution is 6.22. The number of furan rings is 1. The van der Waals surface area contributed by atoms with Gasteiger partial charge in [0.25, 0.3) is 0 Å². The standard InChI is InChI=1S/C45H30N2O/c1-45(2)36-15-7-8-17-40(36)47-39-24-20-28(25-34(39)31-14-10-16-37(45)42(31)47)27-19-23-38-35(26-27)32-21-22-33-30-13-6-9-18-41(30)48-44(33)43(32)46(38)29-11-4-3-5-12-29/h3-26H,1-2H3. The Morgan fingerprint density at radius 1 is 0.458 bits per heavy atom. The summed E-state index contributed by atoms with van der Waals surface area (Å²) < 4.78 is 11.5. The van der Waals surface area contributed by atoms with Gasteiger partial charge in [0, 0.05) is 43.4 Å². The highest BCUT2D eigenvalue weighted by atomic mass is 16.3. The van der Waals surface area contributed by atoms with Crippen LogP contribution in [-0.4, -0.2) is 9.13 Å². The van der Waals surface area contributed by atoms with Crippen molar-refractivity contribution in [1.82, 2.24) is 9.13 Å². The normalized spacial score (nSPS) is 13.8. The molecule has 0 aliphatic carbocycles. The van der Waals surface area contributed by atoms with Crippen LogP contribution >= 0.6 is 0 Å². The van der Waals surface area contributed by atoms with Crippen molar-refractivity contribution in [3.8, 4) is 22.5 Å². The van der Waals surface area contributed by atoms with Crippen LogP contribution in [0.4, 0.5) is 0 Å². The average molecular weight is 615 g/mol. The lowest BCUT2D eigenvalue weighted by Crippen LogP contribution is -2.26. The Morgan fingerprint density at radius 3 is 1.90 bits per heavy atom. The lowest BCUT2D eigenvalue weighted by molar-refractivity contribution is 0.630. The van der Waals surface area contributed by atoms with E-state index < -0.39 is 0 Å². The van der Waals surface area contributed by atoms with Crippen LogP contribution < -0.4 is 0 Å². The first-order valence-corrected chi connectivity index (χ1v) is 16.7. The number of para-hydroxylation sites is 4. The van der Waals surface area contributed by atoms with Gasteiger partial charge in [0.1, 0.15) is 5.58 Å².